The van der Waals surface area contributed by atoms with Gasteiger partial charge in [0, 0.05) is 17.1 Å². The van der Waals surface area contributed by atoms with Crippen LogP contribution < -0.4 is 19.8 Å². The number of rotatable bonds is 8. The Labute approximate surface area is 209 Å². The number of methoxy groups -OCH3 is 1. The summed E-state index contributed by atoms with van der Waals surface area (Å²) >= 11 is 1.30. The zero-order valence-corrected chi connectivity index (χ0v) is 20.5. The fourth-order valence-electron chi connectivity index (χ4n) is 3.51. The Morgan fingerprint density at radius 2 is 1.86 bits per heavy atom. The van der Waals surface area contributed by atoms with Gasteiger partial charge in [-0.25, -0.2) is 4.98 Å². The van der Waals surface area contributed by atoms with E-state index in [1.165, 1.54) is 27.9 Å². The SMILES string of the molecule is COc1cccc(C=Cc2nc3sccn3c(=O)c2-c2ccc(OC(F)(F)F)cc2)c1OCC(C)C. The van der Waals surface area contributed by atoms with Crippen molar-refractivity contribution in [1.82, 2.24) is 9.38 Å². The lowest BCUT2D eigenvalue weighted by Gasteiger charge is -2.15. The number of halogens is 3. The molecule has 0 amide bonds. The molecule has 188 valence electrons. The summed E-state index contributed by atoms with van der Waals surface area (Å²) in [5.41, 5.74) is 1.40. The van der Waals surface area contributed by atoms with Crippen LogP contribution >= 0.6 is 11.3 Å². The largest absolute Gasteiger partial charge is 0.573 e. The molecule has 0 fully saturated rings. The number of ether oxygens (including phenoxy) is 3. The molecule has 6 nitrogen and oxygen atoms in total. The second-order valence-corrected chi connectivity index (χ2v) is 9.09. The molecule has 0 aliphatic heterocycles. The summed E-state index contributed by atoms with van der Waals surface area (Å²) in [5, 5.41) is 1.74. The quantitative estimate of drug-likeness (QED) is 0.266. The maximum Gasteiger partial charge on any atom is 0.573 e. The highest BCUT2D eigenvalue weighted by Crippen LogP contribution is 2.33. The Hall–Kier alpha value is -3.79. The summed E-state index contributed by atoms with van der Waals surface area (Å²) in [6.45, 7) is 4.56. The van der Waals surface area contributed by atoms with Crippen molar-refractivity contribution in [3.8, 4) is 28.4 Å². The van der Waals surface area contributed by atoms with E-state index in [9.17, 15) is 18.0 Å². The van der Waals surface area contributed by atoms with Gasteiger partial charge in [-0.15, -0.1) is 24.5 Å². The minimum atomic E-state index is -4.81. The highest BCUT2D eigenvalue weighted by molar-refractivity contribution is 7.15. The lowest BCUT2D eigenvalue weighted by atomic mass is 10.0. The van der Waals surface area contributed by atoms with Crippen molar-refractivity contribution in [3.05, 3.63) is 75.7 Å². The lowest BCUT2D eigenvalue weighted by Crippen LogP contribution is -2.18. The van der Waals surface area contributed by atoms with E-state index in [0.29, 0.717) is 40.2 Å². The average Bonchev–Trinajstić information content (AvgIpc) is 3.30. The molecular weight excluding hydrogens is 493 g/mol. The minimum absolute atomic E-state index is 0.244. The Morgan fingerprint density at radius 1 is 1.11 bits per heavy atom. The summed E-state index contributed by atoms with van der Waals surface area (Å²) in [5.74, 6) is 1.05. The van der Waals surface area contributed by atoms with Crippen molar-refractivity contribution in [2.24, 2.45) is 5.92 Å². The van der Waals surface area contributed by atoms with Gasteiger partial charge in [0.05, 0.1) is 25.0 Å². The van der Waals surface area contributed by atoms with Gasteiger partial charge >= 0.3 is 6.36 Å². The van der Waals surface area contributed by atoms with Crippen LogP contribution in [0.15, 0.2) is 58.8 Å². The number of aromatic nitrogens is 2. The second kappa shape index (κ2) is 10.4. The van der Waals surface area contributed by atoms with Crippen molar-refractivity contribution in [2.45, 2.75) is 20.2 Å². The molecule has 0 bridgehead atoms. The number of hydrogen-bond acceptors (Lipinski definition) is 6. The standard InChI is InChI=1S/C26H23F3N2O4S/c1-16(2)15-34-23-18(5-4-6-21(23)33-3)9-12-20-22(24(32)31-13-14-36-25(31)30-20)17-7-10-19(11-8-17)35-26(27,28)29/h4-14,16H,15H2,1-3H3. The molecule has 2 heterocycles. The molecule has 0 N–H and O–H groups in total. The van der Waals surface area contributed by atoms with Gasteiger partial charge in [0.1, 0.15) is 5.75 Å². The highest BCUT2D eigenvalue weighted by Gasteiger charge is 2.31. The molecule has 2 aromatic heterocycles. The third-order valence-corrected chi connectivity index (χ3v) is 5.84. The minimum Gasteiger partial charge on any atom is -0.493 e. The van der Waals surface area contributed by atoms with Gasteiger partial charge in [0.15, 0.2) is 16.5 Å². The van der Waals surface area contributed by atoms with Crippen LogP contribution in [0, 0.1) is 5.92 Å². The van der Waals surface area contributed by atoms with E-state index >= 15 is 0 Å². The molecule has 36 heavy (non-hydrogen) atoms. The zero-order valence-electron chi connectivity index (χ0n) is 19.7. The third-order valence-electron chi connectivity index (χ3n) is 5.08. The molecule has 0 aliphatic rings. The Kier molecular flexibility index (Phi) is 7.35. The first-order chi connectivity index (χ1) is 17.2. The van der Waals surface area contributed by atoms with Gasteiger partial charge in [-0.05, 0) is 41.8 Å². The Balaban J connectivity index is 1.79. The summed E-state index contributed by atoms with van der Waals surface area (Å²) in [6.07, 6.45) is 0.258. The summed E-state index contributed by atoms with van der Waals surface area (Å²) in [6, 6.07) is 10.6. The number of benzene rings is 2. The van der Waals surface area contributed by atoms with Gasteiger partial charge in [-0.1, -0.05) is 38.1 Å². The molecule has 0 aliphatic carbocycles. The maximum absolute atomic E-state index is 13.3. The lowest BCUT2D eigenvalue weighted by molar-refractivity contribution is -0.274. The number of alkyl halides is 3. The summed E-state index contributed by atoms with van der Waals surface area (Å²) in [4.78, 5) is 18.4. The van der Waals surface area contributed by atoms with E-state index in [1.54, 1.807) is 36.9 Å². The zero-order chi connectivity index (χ0) is 25.9. The van der Waals surface area contributed by atoms with Crippen molar-refractivity contribution >= 4 is 28.4 Å². The van der Waals surface area contributed by atoms with Crippen molar-refractivity contribution in [3.63, 3.8) is 0 Å². The Morgan fingerprint density at radius 3 is 2.53 bits per heavy atom. The predicted octanol–water partition coefficient (Wildman–Crippen LogP) is 6.54. The topological polar surface area (TPSA) is 62.1 Å². The van der Waals surface area contributed by atoms with Crippen LogP contribution in [0.25, 0.3) is 28.2 Å². The highest BCUT2D eigenvalue weighted by atomic mass is 32.1. The maximum atomic E-state index is 13.3. The molecule has 0 spiro atoms. The number of para-hydroxylation sites is 1. The van der Waals surface area contributed by atoms with Gasteiger partial charge < -0.3 is 14.2 Å². The van der Waals surface area contributed by atoms with E-state index in [1.807, 2.05) is 26.0 Å². The van der Waals surface area contributed by atoms with E-state index in [-0.39, 0.29) is 16.9 Å². The predicted molar refractivity (Wildman–Crippen MR) is 134 cm³/mol. The van der Waals surface area contributed by atoms with E-state index in [4.69, 9.17) is 9.47 Å². The monoisotopic (exact) mass is 516 g/mol. The third kappa shape index (κ3) is 5.71. The first-order valence-electron chi connectivity index (χ1n) is 11.0. The molecule has 2 aromatic carbocycles. The molecule has 0 saturated heterocycles. The van der Waals surface area contributed by atoms with Gasteiger partial charge in [-0.3, -0.25) is 9.20 Å². The van der Waals surface area contributed by atoms with Crippen LogP contribution in [-0.4, -0.2) is 29.5 Å². The Bertz CT molecular complexity index is 1440. The van der Waals surface area contributed by atoms with E-state index in [2.05, 4.69) is 9.72 Å². The molecule has 0 radical (unpaired) electrons. The van der Waals surface area contributed by atoms with Crippen LogP contribution in [0.5, 0.6) is 17.2 Å². The first kappa shape index (κ1) is 25.3. The molecular formula is C26H23F3N2O4S. The van der Waals surface area contributed by atoms with Crippen molar-refractivity contribution < 1.29 is 27.4 Å². The molecule has 0 saturated carbocycles. The molecule has 10 heteroatoms. The van der Waals surface area contributed by atoms with Crippen molar-refractivity contribution in [1.29, 1.82) is 0 Å². The number of nitrogens with zero attached hydrogens (tertiary/aromatic N) is 2. The average molecular weight is 517 g/mol. The van der Waals surface area contributed by atoms with E-state index in [0.717, 1.165) is 17.7 Å². The first-order valence-corrected chi connectivity index (χ1v) is 11.9. The molecule has 0 unspecified atom stereocenters. The fraction of sp³-hybridized carbons (Fsp3) is 0.231. The van der Waals surface area contributed by atoms with Crippen LogP contribution in [0.4, 0.5) is 13.2 Å². The fourth-order valence-corrected chi connectivity index (χ4v) is 4.22. The van der Waals surface area contributed by atoms with Gasteiger partial charge in [0.2, 0.25) is 0 Å². The van der Waals surface area contributed by atoms with E-state index < -0.39 is 6.36 Å². The van der Waals surface area contributed by atoms with Gasteiger partial charge in [-0.2, -0.15) is 0 Å². The number of thiazole rings is 1. The van der Waals surface area contributed by atoms with Crippen LogP contribution in [0.3, 0.4) is 0 Å². The second-order valence-electron chi connectivity index (χ2n) is 8.22. The smallest absolute Gasteiger partial charge is 0.493 e. The van der Waals surface area contributed by atoms with Crippen LogP contribution in [0.2, 0.25) is 0 Å². The summed E-state index contributed by atoms with van der Waals surface area (Å²) in [7, 11) is 1.56. The van der Waals surface area contributed by atoms with Gasteiger partial charge in [0.25, 0.3) is 5.56 Å². The molecule has 4 aromatic rings. The number of hydrogen-bond donors (Lipinski definition) is 0. The normalized spacial score (nSPS) is 12.0. The van der Waals surface area contributed by atoms with Crippen LogP contribution in [-0.2, 0) is 0 Å². The summed E-state index contributed by atoms with van der Waals surface area (Å²) < 4.78 is 54.5. The number of fused-ring (bicyclic) bond motifs is 1. The van der Waals surface area contributed by atoms with Crippen molar-refractivity contribution in [2.75, 3.05) is 13.7 Å². The van der Waals surface area contributed by atoms with Crippen LogP contribution in [0.1, 0.15) is 25.1 Å². The molecule has 0 atom stereocenters. The molecule has 4 rings (SSSR count).